The Morgan fingerprint density at radius 2 is 0.824 bits per heavy atom. The standard InChI is InChI=1S/C5F10I2/c6-1(7,2(8,9)4(11,12)13)3(10,16)5(14,15)17. The maximum Gasteiger partial charge on any atom is 0.460 e. The van der Waals surface area contributed by atoms with Crippen LogP contribution in [0.5, 0.6) is 0 Å². The van der Waals surface area contributed by atoms with Gasteiger partial charge in [-0.1, -0.05) is 0 Å². The van der Waals surface area contributed by atoms with Crippen molar-refractivity contribution in [2.45, 2.75) is 25.6 Å². The second-order valence-electron chi connectivity index (χ2n) is 2.72. The maximum absolute atomic E-state index is 12.9. The Bertz CT molecular complexity index is 258. The van der Waals surface area contributed by atoms with Crippen LogP contribution in [0.25, 0.3) is 0 Å². The van der Waals surface area contributed by atoms with Gasteiger partial charge in [-0.15, -0.1) is 0 Å². The minimum Gasteiger partial charge on any atom is -0.217 e. The molecule has 0 amide bonds. The van der Waals surface area contributed by atoms with Gasteiger partial charge in [0.1, 0.15) is 0 Å². The van der Waals surface area contributed by atoms with E-state index in [1.807, 2.05) is 0 Å². The van der Waals surface area contributed by atoms with E-state index in [4.69, 9.17) is 0 Å². The Balaban J connectivity index is 5.73. The topological polar surface area (TPSA) is 0 Å². The van der Waals surface area contributed by atoms with Crippen molar-refractivity contribution in [2.24, 2.45) is 0 Å². The number of hydrogen-bond acceptors (Lipinski definition) is 0. The first-order chi connectivity index (χ1) is 7.00. The minimum absolute atomic E-state index is 0.284. The van der Waals surface area contributed by atoms with Gasteiger partial charge in [0, 0.05) is 22.6 Å². The summed E-state index contributed by atoms with van der Waals surface area (Å²) in [5.41, 5.74) is 0. The van der Waals surface area contributed by atoms with Gasteiger partial charge >= 0.3 is 25.6 Å². The number of rotatable bonds is 3. The van der Waals surface area contributed by atoms with E-state index >= 15 is 0 Å². The second kappa shape index (κ2) is 4.40. The summed E-state index contributed by atoms with van der Waals surface area (Å²) in [5.74, 6) is -13.6. The van der Waals surface area contributed by atoms with E-state index in [1.165, 1.54) is 0 Å². The third-order valence-corrected chi connectivity index (χ3v) is 4.63. The quantitative estimate of drug-likeness (QED) is 0.290. The highest BCUT2D eigenvalue weighted by atomic mass is 127. The Morgan fingerprint density at radius 1 is 0.529 bits per heavy atom. The van der Waals surface area contributed by atoms with Crippen LogP contribution < -0.4 is 0 Å². The van der Waals surface area contributed by atoms with Gasteiger partial charge in [0.05, 0.1) is 0 Å². The van der Waals surface area contributed by atoms with E-state index in [2.05, 4.69) is 0 Å². The molecule has 0 radical (unpaired) electrons. The largest absolute Gasteiger partial charge is 0.460 e. The lowest BCUT2D eigenvalue weighted by Gasteiger charge is -2.36. The van der Waals surface area contributed by atoms with E-state index in [-0.39, 0.29) is 22.6 Å². The van der Waals surface area contributed by atoms with Crippen LogP contribution in [0.4, 0.5) is 43.9 Å². The molecule has 0 aliphatic carbocycles. The van der Waals surface area contributed by atoms with E-state index in [0.29, 0.717) is 0 Å². The first-order valence-corrected chi connectivity index (χ1v) is 5.43. The molecule has 0 saturated carbocycles. The van der Waals surface area contributed by atoms with Crippen LogP contribution in [0.1, 0.15) is 0 Å². The monoisotopic (exact) mass is 504 g/mol. The predicted octanol–water partition coefficient (Wildman–Crippen LogP) is 4.95. The molecule has 0 fully saturated rings. The summed E-state index contributed by atoms with van der Waals surface area (Å²) < 4.78 is 112. The molecule has 17 heavy (non-hydrogen) atoms. The molecule has 1 unspecified atom stereocenters. The van der Waals surface area contributed by atoms with Crippen LogP contribution >= 0.6 is 45.2 Å². The summed E-state index contributed by atoms with van der Waals surface area (Å²) in [6.07, 6.45) is -6.86. The smallest absolute Gasteiger partial charge is 0.217 e. The molecule has 0 bridgehead atoms. The van der Waals surface area contributed by atoms with Gasteiger partial charge in [-0.25, -0.2) is 4.39 Å². The molecular formula is C5F10I2. The van der Waals surface area contributed by atoms with Crippen molar-refractivity contribution in [3.63, 3.8) is 0 Å². The molecule has 0 rings (SSSR count). The lowest BCUT2D eigenvalue weighted by Crippen LogP contribution is -2.64. The average Bonchev–Trinajstić information content (AvgIpc) is 1.98. The van der Waals surface area contributed by atoms with Crippen molar-refractivity contribution in [2.75, 3.05) is 0 Å². The molecule has 0 N–H and O–H groups in total. The summed E-state index contributed by atoms with van der Waals surface area (Å²) in [6, 6.07) is 0. The zero-order valence-electron chi connectivity index (χ0n) is 7.04. The molecule has 0 spiro atoms. The first-order valence-electron chi connectivity index (χ1n) is 3.27. The first kappa shape index (κ1) is 17.8. The molecule has 0 aromatic rings. The molecule has 0 aromatic heterocycles. The third-order valence-electron chi connectivity index (χ3n) is 1.50. The Labute approximate surface area is 114 Å². The van der Waals surface area contributed by atoms with E-state index in [1.54, 1.807) is 0 Å². The number of hydrogen-bond donors (Lipinski definition) is 0. The van der Waals surface area contributed by atoms with Gasteiger partial charge in [-0.3, -0.25) is 0 Å². The fraction of sp³-hybridized carbons (Fsp3) is 1.00. The zero-order chi connectivity index (χ0) is 14.5. The molecule has 12 heteroatoms. The van der Waals surface area contributed by atoms with Crippen LogP contribution in [0.2, 0.25) is 0 Å². The van der Waals surface area contributed by atoms with Crippen molar-refractivity contribution in [3.8, 4) is 0 Å². The summed E-state index contributed by atoms with van der Waals surface area (Å²) in [6.45, 7) is 0. The highest BCUT2D eigenvalue weighted by Gasteiger charge is 2.84. The lowest BCUT2D eigenvalue weighted by atomic mass is 10.1. The molecule has 1 atom stereocenters. The van der Waals surface area contributed by atoms with Crippen LogP contribution in [0.3, 0.4) is 0 Å². The predicted molar refractivity (Wildman–Crippen MR) is 52.8 cm³/mol. The molecule has 104 valence electrons. The zero-order valence-corrected chi connectivity index (χ0v) is 11.4. The maximum atomic E-state index is 12.9. The number of halogens is 12. The summed E-state index contributed by atoms with van der Waals surface area (Å²) >= 11 is -0.747. The molecule has 0 aliphatic heterocycles. The highest BCUT2D eigenvalue weighted by Crippen LogP contribution is 2.60. The highest BCUT2D eigenvalue weighted by molar-refractivity contribution is 14.1. The average molecular weight is 504 g/mol. The Morgan fingerprint density at radius 3 is 1.00 bits per heavy atom. The SMILES string of the molecule is FC(F)(F)C(F)(F)C(F)(F)C(F)(I)C(F)(F)I. The molecule has 0 aromatic carbocycles. The van der Waals surface area contributed by atoms with Crippen LogP contribution in [0, 0.1) is 0 Å². The van der Waals surface area contributed by atoms with Crippen LogP contribution in [-0.2, 0) is 0 Å². The van der Waals surface area contributed by atoms with Crippen molar-refractivity contribution in [1.29, 1.82) is 0 Å². The van der Waals surface area contributed by atoms with E-state index < -0.39 is 48.2 Å². The van der Waals surface area contributed by atoms with Crippen molar-refractivity contribution in [3.05, 3.63) is 0 Å². The van der Waals surface area contributed by atoms with Crippen LogP contribution in [0.15, 0.2) is 0 Å². The molecule has 0 heterocycles. The van der Waals surface area contributed by atoms with Crippen molar-refractivity contribution < 1.29 is 43.9 Å². The number of alkyl halides is 12. The van der Waals surface area contributed by atoms with E-state index in [9.17, 15) is 43.9 Å². The normalized spacial score (nSPS) is 19.1. The van der Waals surface area contributed by atoms with Crippen molar-refractivity contribution >= 4 is 45.2 Å². The van der Waals surface area contributed by atoms with Gasteiger partial charge in [0.15, 0.2) is 0 Å². The van der Waals surface area contributed by atoms with Gasteiger partial charge in [-0.2, -0.15) is 39.5 Å². The van der Waals surface area contributed by atoms with E-state index in [0.717, 1.165) is 0 Å². The minimum atomic E-state index is -6.93. The van der Waals surface area contributed by atoms with Crippen molar-refractivity contribution in [1.82, 2.24) is 0 Å². The van der Waals surface area contributed by atoms with Gasteiger partial charge < -0.3 is 0 Å². The fourth-order valence-corrected chi connectivity index (χ4v) is 1.23. The van der Waals surface area contributed by atoms with Gasteiger partial charge in [0.2, 0.25) is 0 Å². The second-order valence-corrected chi connectivity index (χ2v) is 5.56. The van der Waals surface area contributed by atoms with Crippen LogP contribution in [-0.4, -0.2) is 25.6 Å². The molecule has 0 aliphatic rings. The van der Waals surface area contributed by atoms with Gasteiger partial charge in [0.25, 0.3) is 0 Å². The summed E-state index contributed by atoms with van der Waals surface area (Å²) in [5, 5.41) is 0. The lowest BCUT2D eigenvalue weighted by molar-refractivity contribution is -0.374. The molecular weight excluding hydrogens is 504 g/mol. The fourth-order valence-electron chi connectivity index (χ4n) is 0.553. The van der Waals surface area contributed by atoms with Gasteiger partial charge in [-0.05, 0) is 22.6 Å². The Kier molecular flexibility index (Phi) is 4.60. The third kappa shape index (κ3) is 2.70. The Hall–Kier alpha value is 0.760. The summed E-state index contributed by atoms with van der Waals surface area (Å²) in [7, 11) is 0. The summed E-state index contributed by atoms with van der Waals surface area (Å²) in [4.78, 5) is 0. The molecule has 0 saturated heterocycles. The molecule has 0 nitrogen and oxygen atoms in total.